The first-order valence-electron chi connectivity index (χ1n) is 7.21. The van der Waals surface area contributed by atoms with Gasteiger partial charge in [-0.2, -0.15) is 4.72 Å². The summed E-state index contributed by atoms with van der Waals surface area (Å²) in [5.41, 5.74) is 0.488. The SMILES string of the molecule is CCO[C@H](NS(=O)(=O)c1ccc(Cl)cc1Cl)C(Cl)(Cl)c1ccccc1. The smallest absolute Gasteiger partial charge is 0.244 e. The molecule has 136 valence electrons. The Labute approximate surface area is 167 Å². The van der Waals surface area contributed by atoms with Crippen LogP contribution >= 0.6 is 46.4 Å². The summed E-state index contributed by atoms with van der Waals surface area (Å²) in [5.74, 6) is 0. The molecule has 0 aromatic heterocycles. The lowest BCUT2D eigenvalue weighted by Gasteiger charge is -2.30. The van der Waals surface area contributed by atoms with E-state index >= 15 is 0 Å². The number of hydrogen-bond acceptors (Lipinski definition) is 3. The number of alkyl halides is 2. The number of hydrogen-bond donors (Lipinski definition) is 1. The predicted molar refractivity (Wildman–Crippen MR) is 102 cm³/mol. The Morgan fingerprint density at radius 2 is 1.76 bits per heavy atom. The normalized spacial score (nSPS) is 13.6. The number of ether oxygens (including phenoxy) is 1. The summed E-state index contributed by atoms with van der Waals surface area (Å²) in [4.78, 5) is -0.152. The molecule has 4 nitrogen and oxygen atoms in total. The second-order valence-electron chi connectivity index (χ2n) is 5.02. The van der Waals surface area contributed by atoms with Gasteiger partial charge in [-0.05, 0) is 30.7 Å². The lowest BCUT2D eigenvalue weighted by Crippen LogP contribution is -2.46. The molecule has 0 unspecified atom stereocenters. The largest absolute Gasteiger partial charge is 0.359 e. The first kappa shape index (κ1) is 20.8. The Morgan fingerprint density at radius 3 is 2.32 bits per heavy atom. The van der Waals surface area contributed by atoms with Crippen LogP contribution in [0.1, 0.15) is 12.5 Å². The van der Waals surface area contributed by atoms with Crippen LogP contribution in [0.2, 0.25) is 10.0 Å². The Balaban J connectivity index is 2.38. The van der Waals surface area contributed by atoms with Gasteiger partial charge < -0.3 is 4.74 Å². The molecule has 0 radical (unpaired) electrons. The van der Waals surface area contributed by atoms with Crippen molar-refractivity contribution < 1.29 is 13.2 Å². The summed E-state index contributed by atoms with van der Waals surface area (Å²) in [6.45, 7) is 1.89. The quantitative estimate of drug-likeness (QED) is 0.486. The maximum Gasteiger partial charge on any atom is 0.244 e. The van der Waals surface area contributed by atoms with Gasteiger partial charge in [-0.15, -0.1) is 0 Å². The van der Waals surface area contributed by atoms with Crippen LogP contribution in [0.15, 0.2) is 53.4 Å². The highest BCUT2D eigenvalue weighted by atomic mass is 35.5. The fourth-order valence-corrected chi connectivity index (χ4v) is 4.63. The highest BCUT2D eigenvalue weighted by Crippen LogP contribution is 2.39. The van der Waals surface area contributed by atoms with Crippen LogP contribution in [0.4, 0.5) is 0 Å². The second-order valence-corrected chi connectivity index (χ2v) is 8.93. The summed E-state index contributed by atoms with van der Waals surface area (Å²) < 4.78 is 31.6. The van der Waals surface area contributed by atoms with Crippen LogP contribution in [0.3, 0.4) is 0 Å². The molecular formula is C16H15Cl4NO3S. The Bertz CT molecular complexity index is 829. The monoisotopic (exact) mass is 441 g/mol. The van der Waals surface area contributed by atoms with Crippen LogP contribution in [0.25, 0.3) is 0 Å². The van der Waals surface area contributed by atoms with Crippen molar-refractivity contribution in [3.8, 4) is 0 Å². The Hall–Kier alpha value is -0.530. The number of nitrogens with one attached hydrogen (secondary N) is 1. The summed E-state index contributed by atoms with van der Waals surface area (Å²) in [7, 11) is -4.05. The van der Waals surface area contributed by atoms with Gasteiger partial charge in [-0.25, -0.2) is 8.42 Å². The maximum atomic E-state index is 12.7. The van der Waals surface area contributed by atoms with Crippen molar-refractivity contribution in [3.63, 3.8) is 0 Å². The molecule has 25 heavy (non-hydrogen) atoms. The third-order valence-corrected chi connectivity index (χ3v) is 6.22. The Morgan fingerprint density at radius 1 is 1.12 bits per heavy atom. The van der Waals surface area contributed by atoms with E-state index in [1.165, 1.54) is 18.2 Å². The van der Waals surface area contributed by atoms with Crippen molar-refractivity contribution >= 4 is 56.4 Å². The van der Waals surface area contributed by atoms with Gasteiger partial charge in [0.15, 0.2) is 10.6 Å². The van der Waals surface area contributed by atoms with Gasteiger partial charge in [0.2, 0.25) is 10.0 Å². The highest BCUT2D eigenvalue weighted by Gasteiger charge is 2.40. The van der Waals surface area contributed by atoms with Crippen LogP contribution in [-0.4, -0.2) is 21.3 Å². The molecule has 0 aliphatic heterocycles. The van der Waals surface area contributed by atoms with Gasteiger partial charge in [0, 0.05) is 11.6 Å². The first-order valence-corrected chi connectivity index (χ1v) is 10.2. The molecule has 0 saturated heterocycles. The van der Waals surface area contributed by atoms with E-state index in [2.05, 4.69) is 4.72 Å². The molecule has 1 atom stereocenters. The van der Waals surface area contributed by atoms with E-state index in [1.54, 1.807) is 37.3 Å². The predicted octanol–water partition coefficient (Wildman–Crippen LogP) is 4.96. The van der Waals surface area contributed by atoms with Crippen molar-refractivity contribution in [2.24, 2.45) is 0 Å². The molecule has 0 saturated carbocycles. The van der Waals surface area contributed by atoms with Crippen LogP contribution in [0.5, 0.6) is 0 Å². The van der Waals surface area contributed by atoms with E-state index in [1.807, 2.05) is 0 Å². The van der Waals surface area contributed by atoms with Gasteiger partial charge in [0.25, 0.3) is 0 Å². The molecule has 0 amide bonds. The third kappa shape index (κ3) is 5.01. The molecule has 2 aromatic carbocycles. The van der Waals surface area contributed by atoms with E-state index in [0.717, 1.165) is 0 Å². The lowest BCUT2D eigenvalue weighted by molar-refractivity contribution is 0.0423. The summed E-state index contributed by atoms with van der Waals surface area (Å²) in [6.07, 6.45) is -1.24. The minimum absolute atomic E-state index is 0.0234. The van der Waals surface area contributed by atoms with Gasteiger partial charge in [0.05, 0.1) is 5.02 Å². The van der Waals surface area contributed by atoms with E-state index in [-0.39, 0.29) is 16.5 Å². The Kier molecular flexibility index (Phi) is 7.01. The standard InChI is InChI=1S/C16H15Cl4NO3S/c1-2-24-15(16(19,20)11-6-4-3-5-7-11)21-25(22,23)14-9-8-12(17)10-13(14)18/h3-10,15,21H,2H2,1H3/t15-/m0/s1. The minimum atomic E-state index is -4.05. The van der Waals surface area contributed by atoms with Crippen LogP contribution < -0.4 is 4.72 Å². The van der Waals surface area contributed by atoms with E-state index in [4.69, 9.17) is 51.1 Å². The second kappa shape index (κ2) is 8.44. The molecule has 2 rings (SSSR count). The molecule has 0 heterocycles. The molecule has 0 fully saturated rings. The molecule has 0 bridgehead atoms. The van der Waals surface area contributed by atoms with E-state index in [9.17, 15) is 8.42 Å². The zero-order chi connectivity index (χ0) is 18.7. The van der Waals surface area contributed by atoms with Crippen LogP contribution in [-0.2, 0) is 19.1 Å². The molecule has 2 aromatic rings. The van der Waals surface area contributed by atoms with Crippen molar-refractivity contribution in [2.45, 2.75) is 22.4 Å². The molecule has 0 aliphatic rings. The highest BCUT2D eigenvalue weighted by molar-refractivity contribution is 7.89. The number of benzene rings is 2. The summed E-state index contributed by atoms with van der Waals surface area (Å²) in [6, 6.07) is 12.7. The van der Waals surface area contributed by atoms with Crippen molar-refractivity contribution in [3.05, 3.63) is 64.1 Å². The zero-order valence-electron chi connectivity index (χ0n) is 13.0. The van der Waals surface area contributed by atoms with Gasteiger partial charge in [0.1, 0.15) is 4.90 Å². The van der Waals surface area contributed by atoms with Gasteiger partial charge in [-0.3, -0.25) is 0 Å². The van der Waals surface area contributed by atoms with Gasteiger partial charge >= 0.3 is 0 Å². The zero-order valence-corrected chi connectivity index (χ0v) is 16.9. The average Bonchev–Trinajstić information content (AvgIpc) is 2.54. The summed E-state index contributed by atoms with van der Waals surface area (Å²) in [5, 5.41) is 0.295. The van der Waals surface area contributed by atoms with Crippen molar-refractivity contribution in [2.75, 3.05) is 6.61 Å². The molecule has 1 N–H and O–H groups in total. The molecular weight excluding hydrogens is 428 g/mol. The van der Waals surface area contributed by atoms with Gasteiger partial charge in [-0.1, -0.05) is 76.7 Å². The van der Waals surface area contributed by atoms with E-state index in [0.29, 0.717) is 10.6 Å². The maximum absolute atomic E-state index is 12.7. The first-order chi connectivity index (χ1) is 11.7. The average molecular weight is 443 g/mol. The number of sulfonamides is 1. The number of rotatable bonds is 7. The van der Waals surface area contributed by atoms with E-state index < -0.39 is 20.6 Å². The fraction of sp³-hybridized carbons (Fsp3) is 0.250. The molecule has 0 spiro atoms. The molecule has 9 heteroatoms. The summed E-state index contributed by atoms with van der Waals surface area (Å²) >= 11 is 24.7. The molecule has 0 aliphatic carbocycles. The minimum Gasteiger partial charge on any atom is -0.359 e. The van der Waals surface area contributed by atoms with Crippen LogP contribution in [0, 0.1) is 0 Å². The van der Waals surface area contributed by atoms with Crippen molar-refractivity contribution in [1.82, 2.24) is 4.72 Å². The topological polar surface area (TPSA) is 55.4 Å². The number of halogens is 4. The lowest BCUT2D eigenvalue weighted by atomic mass is 10.1. The fourth-order valence-electron chi connectivity index (χ4n) is 2.09. The third-order valence-electron chi connectivity index (χ3n) is 3.27. The van der Waals surface area contributed by atoms with Crippen molar-refractivity contribution in [1.29, 1.82) is 0 Å².